The van der Waals surface area contributed by atoms with Crippen LogP contribution in [0.4, 0.5) is 4.79 Å². The number of imide groups is 2. The van der Waals surface area contributed by atoms with E-state index in [1.165, 1.54) is 11.1 Å². The zero-order valence-electron chi connectivity index (χ0n) is 17.6. The van der Waals surface area contributed by atoms with Crippen LogP contribution in [0, 0.1) is 0 Å². The van der Waals surface area contributed by atoms with E-state index in [2.05, 4.69) is 6.08 Å². The maximum Gasteiger partial charge on any atom is 0.334 e. The molecule has 0 unspecified atom stereocenters. The van der Waals surface area contributed by atoms with E-state index in [0.717, 1.165) is 41.0 Å². The number of hydrogen-bond acceptors (Lipinski definition) is 4. The number of benzene rings is 1. The Balaban J connectivity index is 1.34. The maximum absolute atomic E-state index is 12.7. The molecule has 2 aliphatic heterocycles. The first-order valence-electron chi connectivity index (χ1n) is 10.9. The maximum atomic E-state index is 12.7. The lowest BCUT2D eigenvalue weighted by Crippen LogP contribution is -2.44. The van der Waals surface area contributed by atoms with Crippen molar-refractivity contribution in [2.24, 2.45) is 0 Å². The zero-order chi connectivity index (χ0) is 21.8. The number of urea groups is 1. The lowest BCUT2D eigenvalue weighted by atomic mass is 9.97. The smallest absolute Gasteiger partial charge is 0.334 e. The van der Waals surface area contributed by atoms with Crippen molar-refractivity contribution in [3.63, 3.8) is 0 Å². The molecule has 0 atom stereocenters. The van der Waals surface area contributed by atoms with Gasteiger partial charge < -0.3 is 4.90 Å². The highest BCUT2D eigenvalue weighted by atomic mass is 16.2. The average molecular weight is 421 g/mol. The fraction of sp³-hybridized carbons (Fsp3) is 0.417. The van der Waals surface area contributed by atoms with E-state index >= 15 is 0 Å². The lowest BCUT2D eigenvalue weighted by Gasteiger charge is -2.28. The van der Waals surface area contributed by atoms with Crippen LogP contribution in [0.5, 0.6) is 0 Å². The molecule has 0 bridgehead atoms. The summed E-state index contributed by atoms with van der Waals surface area (Å²) < 4.78 is 0. The molecule has 0 N–H and O–H groups in total. The molecule has 5 amide bonds. The van der Waals surface area contributed by atoms with Gasteiger partial charge in [-0.3, -0.25) is 19.3 Å². The topological polar surface area (TPSA) is 78.0 Å². The van der Waals surface area contributed by atoms with Crippen LogP contribution < -0.4 is 0 Å². The third-order valence-electron chi connectivity index (χ3n) is 6.18. The van der Waals surface area contributed by atoms with Crippen molar-refractivity contribution in [1.82, 2.24) is 14.7 Å². The monoisotopic (exact) mass is 421 g/mol. The van der Waals surface area contributed by atoms with E-state index in [9.17, 15) is 19.2 Å². The molecule has 7 nitrogen and oxygen atoms in total. The van der Waals surface area contributed by atoms with Crippen molar-refractivity contribution in [3.05, 3.63) is 53.6 Å². The quantitative estimate of drug-likeness (QED) is 0.402. The summed E-state index contributed by atoms with van der Waals surface area (Å²) in [6.45, 7) is 0.733. The molecule has 31 heavy (non-hydrogen) atoms. The van der Waals surface area contributed by atoms with Gasteiger partial charge in [-0.05, 0) is 49.7 Å². The van der Waals surface area contributed by atoms with Gasteiger partial charge in [-0.15, -0.1) is 0 Å². The first-order valence-corrected chi connectivity index (χ1v) is 10.9. The van der Waals surface area contributed by atoms with Crippen LogP contribution in [0.1, 0.15) is 44.1 Å². The first kappa shape index (κ1) is 21.0. The van der Waals surface area contributed by atoms with Gasteiger partial charge >= 0.3 is 17.8 Å². The van der Waals surface area contributed by atoms with Gasteiger partial charge in [0.1, 0.15) is 6.54 Å². The molecular weight excluding hydrogens is 394 g/mol. The fourth-order valence-electron chi connectivity index (χ4n) is 4.32. The second kappa shape index (κ2) is 9.29. The summed E-state index contributed by atoms with van der Waals surface area (Å²) in [5.74, 6) is -2.07. The molecule has 0 radical (unpaired) electrons. The number of carbonyl (C=O) groups is 4. The average Bonchev–Trinajstić information content (AvgIpc) is 3.02. The normalized spacial score (nSPS) is 19.6. The van der Waals surface area contributed by atoms with Crippen LogP contribution in [-0.4, -0.2) is 64.6 Å². The van der Waals surface area contributed by atoms with Crippen molar-refractivity contribution in [2.75, 3.05) is 26.2 Å². The van der Waals surface area contributed by atoms with Gasteiger partial charge in [-0.2, -0.15) is 0 Å². The molecule has 3 aliphatic rings. The predicted molar refractivity (Wildman–Crippen MR) is 116 cm³/mol. The van der Waals surface area contributed by atoms with E-state index in [1.54, 1.807) is 4.90 Å². The molecule has 1 saturated heterocycles. The highest BCUT2D eigenvalue weighted by Crippen LogP contribution is 2.24. The molecule has 7 heteroatoms. The Morgan fingerprint density at radius 1 is 0.903 bits per heavy atom. The molecule has 2 heterocycles. The number of nitrogens with zero attached hydrogens (tertiary/aromatic N) is 3. The van der Waals surface area contributed by atoms with Gasteiger partial charge in [0.2, 0.25) is 5.91 Å². The van der Waals surface area contributed by atoms with Crippen LogP contribution in [0.3, 0.4) is 0 Å². The number of hydrogen-bond donors (Lipinski definition) is 0. The molecule has 162 valence electrons. The highest BCUT2D eigenvalue weighted by Gasteiger charge is 2.45. The number of amides is 5. The Kier molecular flexibility index (Phi) is 6.30. The van der Waals surface area contributed by atoms with Crippen LogP contribution in [0.15, 0.2) is 48.1 Å². The van der Waals surface area contributed by atoms with Crippen LogP contribution in [0.2, 0.25) is 0 Å². The summed E-state index contributed by atoms with van der Waals surface area (Å²) in [7, 11) is 0. The molecule has 0 aromatic heterocycles. The van der Waals surface area contributed by atoms with E-state index in [-0.39, 0.29) is 12.5 Å². The third kappa shape index (κ3) is 4.60. The Labute approximate surface area is 182 Å². The van der Waals surface area contributed by atoms with Crippen molar-refractivity contribution < 1.29 is 19.2 Å². The summed E-state index contributed by atoms with van der Waals surface area (Å²) in [5.41, 5.74) is 3.54. The number of carbonyl (C=O) groups excluding carboxylic acids is 4. The molecule has 0 saturated carbocycles. The van der Waals surface area contributed by atoms with E-state index in [4.69, 9.17) is 0 Å². The van der Waals surface area contributed by atoms with Gasteiger partial charge in [0, 0.05) is 19.6 Å². The largest absolute Gasteiger partial charge is 0.337 e. The Hall–Kier alpha value is -3.22. The standard InChI is InChI=1S/C24H27N3O4/c28-21(25-14-12-20(13-15-25)19-9-5-2-6-10-19)17-27-23(30)22(29)26(24(27)31)16-11-18-7-3-1-4-8-18/h2,5-7,9-10,12H,1,3-4,8,11,13-17H2. The fourth-order valence-corrected chi connectivity index (χ4v) is 4.32. The van der Waals surface area contributed by atoms with Crippen LogP contribution in [0.25, 0.3) is 5.57 Å². The second-order valence-electron chi connectivity index (χ2n) is 8.17. The van der Waals surface area contributed by atoms with Gasteiger partial charge in [-0.25, -0.2) is 9.69 Å². The summed E-state index contributed by atoms with van der Waals surface area (Å²) in [5, 5.41) is 0. The van der Waals surface area contributed by atoms with Crippen molar-refractivity contribution in [3.8, 4) is 0 Å². The lowest BCUT2D eigenvalue weighted by molar-refractivity contribution is -0.144. The molecule has 1 aromatic carbocycles. The summed E-state index contributed by atoms with van der Waals surface area (Å²) in [6, 6.07) is 9.31. The van der Waals surface area contributed by atoms with Crippen molar-refractivity contribution in [1.29, 1.82) is 0 Å². The summed E-state index contributed by atoms with van der Waals surface area (Å²) >= 11 is 0. The zero-order valence-corrected chi connectivity index (χ0v) is 17.6. The summed E-state index contributed by atoms with van der Waals surface area (Å²) in [4.78, 5) is 53.4. The SMILES string of the molecule is O=C(CN1C(=O)C(=O)N(CCC2=CCCCC2)C1=O)N1CC=C(c2ccccc2)CC1. The Morgan fingerprint density at radius 2 is 1.68 bits per heavy atom. The van der Waals surface area contributed by atoms with Gasteiger partial charge in [-0.1, -0.05) is 48.1 Å². The molecule has 4 rings (SSSR count). The Morgan fingerprint density at radius 3 is 2.35 bits per heavy atom. The molecule has 1 fully saturated rings. The van der Waals surface area contributed by atoms with Crippen molar-refractivity contribution >= 4 is 29.3 Å². The van der Waals surface area contributed by atoms with E-state index < -0.39 is 24.4 Å². The minimum Gasteiger partial charge on any atom is -0.337 e. The highest BCUT2D eigenvalue weighted by molar-refractivity contribution is 6.45. The summed E-state index contributed by atoms with van der Waals surface area (Å²) in [6.07, 6.45) is 9.73. The minimum atomic E-state index is -0.909. The number of rotatable bonds is 6. The third-order valence-corrected chi connectivity index (χ3v) is 6.18. The molecular formula is C24H27N3O4. The predicted octanol–water partition coefficient (Wildman–Crippen LogP) is 2.98. The van der Waals surface area contributed by atoms with Gasteiger partial charge in [0.15, 0.2) is 0 Å². The first-order chi connectivity index (χ1) is 15.0. The molecule has 1 aromatic rings. The molecule has 1 aliphatic carbocycles. The van der Waals surface area contributed by atoms with Crippen molar-refractivity contribution in [2.45, 2.75) is 38.5 Å². The van der Waals surface area contributed by atoms with Crippen LogP contribution >= 0.6 is 0 Å². The van der Waals surface area contributed by atoms with E-state index in [0.29, 0.717) is 25.9 Å². The minimum absolute atomic E-state index is 0.187. The van der Waals surface area contributed by atoms with Gasteiger partial charge in [0.25, 0.3) is 0 Å². The molecule has 0 spiro atoms. The van der Waals surface area contributed by atoms with E-state index in [1.807, 2.05) is 36.4 Å². The Bertz CT molecular complexity index is 951. The number of allylic oxidation sites excluding steroid dienone is 1. The van der Waals surface area contributed by atoms with Crippen LogP contribution in [-0.2, 0) is 14.4 Å². The van der Waals surface area contributed by atoms with Gasteiger partial charge in [0.05, 0.1) is 0 Å². The second-order valence-corrected chi connectivity index (χ2v) is 8.17.